The summed E-state index contributed by atoms with van der Waals surface area (Å²) in [5.41, 5.74) is 9.35. The van der Waals surface area contributed by atoms with Crippen molar-refractivity contribution in [3.05, 3.63) is 64.3 Å². The van der Waals surface area contributed by atoms with Crippen LogP contribution >= 0.6 is 15.9 Å². The number of nitrogens with zero attached hydrogens (tertiary/aromatic N) is 1. The second kappa shape index (κ2) is 5.92. The third-order valence-electron chi connectivity index (χ3n) is 3.68. The quantitative estimate of drug-likeness (QED) is 0.779. The molecule has 0 radical (unpaired) electrons. The van der Waals surface area contributed by atoms with E-state index < -0.39 is 0 Å². The van der Waals surface area contributed by atoms with Crippen LogP contribution in [0.5, 0.6) is 5.75 Å². The van der Waals surface area contributed by atoms with E-state index in [1.54, 1.807) is 7.11 Å². The van der Waals surface area contributed by atoms with Crippen molar-refractivity contribution in [2.24, 2.45) is 5.73 Å². The molecule has 3 aromatic rings. The fourth-order valence-corrected chi connectivity index (χ4v) is 3.07. The molecule has 0 aliphatic heterocycles. The van der Waals surface area contributed by atoms with E-state index in [4.69, 9.17) is 10.5 Å². The lowest BCUT2D eigenvalue weighted by molar-refractivity contribution is 0.408. The summed E-state index contributed by atoms with van der Waals surface area (Å²) < 4.78 is 8.76. The Hall–Kier alpha value is -1.78. The van der Waals surface area contributed by atoms with Crippen molar-refractivity contribution in [3.63, 3.8) is 0 Å². The number of hydrogen-bond donors (Lipinski definition) is 1. The van der Waals surface area contributed by atoms with Gasteiger partial charge in [-0.3, -0.25) is 0 Å². The Morgan fingerprint density at radius 2 is 1.95 bits per heavy atom. The molecule has 0 fully saturated rings. The first kappa shape index (κ1) is 14.2. The van der Waals surface area contributed by atoms with Crippen molar-refractivity contribution in [1.82, 2.24) is 4.57 Å². The van der Waals surface area contributed by atoms with Crippen molar-refractivity contribution in [3.8, 4) is 5.75 Å². The van der Waals surface area contributed by atoms with Crippen LogP contribution in [0.3, 0.4) is 0 Å². The Morgan fingerprint density at radius 3 is 2.71 bits per heavy atom. The lowest BCUT2D eigenvalue weighted by atomic mass is 10.2. The van der Waals surface area contributed by atoms with Gasteiger partial charge in [-0.05, 0) is 35.7 Å². The van der Waals surface area contributed by atoms with Crippen molar-refractivity contribution in [1.29, 1.82) is 0 Å². The Balaban J connectivity index is 2.11. The zero-order valence-corrected chi connectivity index (χ0v) is 13.4. The van der Waals surface area contributed by atoms with Crippen molar-refractivity contribution in [2.75, 3.05) is 7.11 Å². The zero-order valence-electron chi connectivity index (χ0n) is 11.8. The Bertz CT molecular complexity index is 780. The number of nitrogens with two attached hydrogens (primary N) is 1. The number of methoxy groups -OCH3 is 1. The van der Waals surface area contributed by atoms with E-state index in [0.29, 0.717) is 6.54 Å². The molecule has 0 aliphatic rings. The zero-order chi connectivity index (χ0) is 14.8. The summed E-state index contributed by atoms with van der Waals surface area (Å²) in [6.07, 6.45) is 0. The highest BCUT2D eigenvalue weighted by atomic mass is 79.9. The Morgan fingerprint density at radius 1 is 1.14 bits per heavy atom. The Kier molecular flexibility index (Phi) is 3.99. The molecule has 0 unspecified atom stereocenters. The van der Waals surface area contributed by atoms with E-state index in [2.05, 4.69) is 50.8 Å². The van der Waals surface area contributed by atoms with Gasteiger partial charge in [-0.2, -0.15) is 0 Å². The third-order valence-corrected chi connectivity index (χ3v) is 4.17. The van der Waals surface area contributed by atoms with Gasteiger partial charge in [-0.25, -0.2) is 0 Å². The van der Waals surface area contributed by atoms with Crippen molar-refractivity contribution < 1.29 is 4.74 Å². The maximum Gasteiger partial charge on any atom is 0.123 e. The minimum Gasteiger partial charge on any atom is -0.496 e. The number of aromatic nitrogens is 1. The van der Waals surface area contributed by atoms with E-state index in [0.717, 1.165) is 28.0 Å². The molecule has 108 valence electrons. The number of halogens is 1. The molecule has 4 heteroatoms. The number of rotatable bonds is 4. The molecule has 1 aromatic heterocycles. The molecule has 2 aromatic carbocycles. The van der Waals surface area contributed by atoms with Crippen LogP contribution in [0.2, 0.25) is 0 Å². The molecule has 0 spiro atoms. The van der Waals surface area contributed by atoms with Crippen LogP contribution in [-0.4, -0.2) is 11.7 Å². The molecule has 0 bridgehead atoms. The molecule has 0 saturated carbocycles. The lowest BCUT2D eigenvalue weighted by Crippen LogP contribution is -2.09. The average molecular weight is 345 g/mol. The molecule has 0 atom stereocenters. The second-order valence-corrected chi connectivity index (χ2v) is 5.86. The third kappa shape index (κ3) is 2.69. The van der Waals surface area contributed by atoms with Crippen LogP contribution in [0.15, 0.2) is 53.0 Å². The summed E-state index contributed by atoms with van der Waals surface area (Å²) in [7, 11) is 1.70. The molecule has 0 saturated heterocycles. The smallest absolute Gasteiger partial charge is 0.123 e. The minimum absolute atomic E-state index is 0.519. The highest BCUT2D eigenvalue weighted by molar-refractivity contribution is 9.10. The normalized spacial score (nSPS) is 11.0. The van der Waals surface area contributed by atoms with Gasteiger partial charge < -0.3 is 15.0 Å². The van der Waals surface area contributed by atoms with E-state index in [9.17, 15) is 0 Å². The molecule has 0 amide bonds. The fourth-order valence-electron chi connectivity index (χ4n) is 2.66. The summed E-state index contributed by atoms with van der Waals surface area (Å²) >= 11 is 3.53. The van der Waals surface area contributed by atoms with Gasteiger partial charge in [0.1, 0.15) is 5.75 Å². The van der Waals surface area contributed by atoms with Gasteiger partial charge in [0.05, 0.1) is 13.7 Å². The molecule has 1 heterocycles. The highest BCUT2D eigenvalue weighted by Gasteiger charge is 2.11. The maximum atomic E-state index is 5.91. The number of fused-ring (bicyclic) bond motifs is 1. The van der Waals surface area contributed by atoms with Gasteiger partial charge in [0, 0.05) is 27.8 Å². The number of ether oxygens (including phenoxy) is 1. The minimum atomic E-state index is 0.519. The first-order valence-electron chi connectivity index (χ1n) is 6.82. The number of para-hydroxylation sites is 1. The monoisotopic (exact) mass is 344 g/mol. The van der Waals surface area contributed by atoms with Crippen molar-refractivity contribution in [2.45, 2.75) is 13.1 Å². The van der Waals surface area contributed by atoms with Gasteiger partial charge >= 0.3 is 0 Å². The Labute approximate surface area is 132 Å². The predicted molar refractivity (Wildman–Crippen MR) is 89.6 cm³/mol. The van der Waals surface area contributed by atoms with Crippen LogP contribution in [-0.2, 0) is 13.1 Å². The van der Waals surface area contributed by atoms with Gasteiger partial charge in [0.2, 0.25) is 0 Å². The summed E-state index contributed by atoms with van der Waals surface area (Å²) in [5, 5.41) is 1.21. The van der Waals surface area contributed by atoms with Gasteiger partial charge in [0.25, 0.3) is 0 Å². The highest BCUT2D eigenvalue weighted by Crippen LogP contribution is 2.27. The first-order valence-corrected chi connectivity index (χ1v) is 7.62. The van der Waals surface area contributed by atoms with Gasteiger partial charge in [0.15, 0.2) is 0 Å². The molecule has 3 nitrogen and oxygen atoms in total. The standard InChI is InChI=1S/C17H17BrN2O/c1-21-17-7-6-14(18)8-13(17)11-20-15(10-19)9-12-4-2-3-5-16(12)20/h2-9H,10-11,19H2,1H3. The topological polar surface area (TPSA) is 40.2 Å². The summed E-state index contributed by atoms with van der Waals surface area (Å²) in [5.74, 6) is 0.888. The predicted octanol–water partition coefficient (Wildman–Crippen LogP) is 3.92. The lowest BCUT2D eigenvalue weighted by Gasteiger charge is -2.13. The van der Waals surface area contributed by atoms with Crippen LogP contribution in [0.25, 0.3) is 10.9 Å². The summed E-state index contributed by atoms with van der Waals surface area (Å²) in [6, 6.07) is 16.5. The SMILES string of the molecule is COc1ccc(Br)cc1Cn1c(CN)cc2ccccc21. The van der Waals surface area contributed by atoms with E-state index in [1.165, 1.54) is 10.9 Å². The van der Waals surface area contributed by atoms with Crippen LogP contribution in [0, 0.1) is 0 Å². The summed E-state index contributed by atoms with van der Waals surface area (Å²) in [4.78, 5) is 0. The first-order chi connectivity index (χ1) is 10.2. The molecule has 2 N–H and O–H groups in total. The van der Waals surface area contributed by atoms with Gasteiger partial charge in [-0.1, -0.05) is 34.1 Å². The molecule has 3 rings (SSSR count). The van der Waals surface area contributed by atoms with E-state index in [-0.39, 0.29) is 0 Å². The average Bonchev–Trinajstić information content (AvgIpc) is 2.86. The van der Waals surface area contributed by atoms with Crippen molar-refractivity contribution >= 4 is 26.8 Å². The fraction of sp³-hybridized carbons (Fsp3) is 0.176. The maximum absolute atomic E-state index is 5.91. The summed E-state index contributed by atoms with van der Waals surface area (Å²) in [6.45, 7) is 1.26. The molecule has 0 aliphatic carbocycles. The molecule has 21 heavy (non-hydrogen) atoms. The number of benzene rings is 2. The van der Waals surface area contributed by atoms with Crippen LogP contribution in [0.4, 0.5) is 0 Å². The van der Waals surface area contributed by atoms with E-state index in [1.807, 2.05) is 18.2 Å². The second-order valence-electron chi connectivity index (χ2n) is 4.94. The molecular formula is C17H17BrN2O. The van der Waals surface area contributed by atoms with E-state index >= 15 is 0 Å². The molecular weight excluding hydrogens is 328 g/mol. The van der Waals surface area contributed by atoms with Gasteiger partial charge in [-0.15, -0.1) is 0 Å². The van der Waals surface area contributed by atoms with Crippen LogP contribution < -0.4 is 10.5 Å². The largest absolute Gasteiger partial charge is 0.496 e. The van der Waals surface area contributed by atoms with Crippen LogP contribution in [0.1, 0.15) is 11.3 Å². The number of hydrogen-bond acceptors (Lipinski definition) is 2.